The molecule has 0 aliphatic carbocycles. The molecule has 1 amide bonds. The second-order valence-corrected chi connectivity index (χ2v) is 8.33. The summed E-state index contributed by atoms with van der Waals surface area (Å²) in [7, 11) is -0.238. The molecule has 2 aromatic carbocycles. The fourth-order valence-electron chi connectivity index (χ4n) is 2.59. The fourth-order valence-corrected chi connectivity index (χ4v) is 3.09. The highest BCUT2D eigenvalue weighted by molar-refractivity contribution is 7.92. The minimum absolute atomic E-state index is 0.118. The fraction of sp³-hybridized carbons (Fsp3) is 0.350. The van der Waals surface area contributed by atoms with Gasteiger partial charge in [0.1, 0.15) is 11.5 Å². The zero-order chi connectivity index (χ0) is 20.7. The van der Waals surface area contributed by atoms with Gasteiger partial charge in [0.2, 0.25) is 10.0 Å². The number of hydrogen-bond acceptors (Lipinski definition) is 5. The summed E-state index contributed by atoms with van der Waals surface area (Å²) in [5.41, 5.74) is 1.51. The van der Waals surface area contributed by atoms with Gasteiger partial charge >= 0.3 is 0 Å². The normalized spacial score (nSPS) is 12.1. The molecule has 2 aromatic rings. The molecule has 0 fully saturated rings. The number of sulfonamides is 1. The summed E-state index contributed by atoms with van der Waals surface area (Å²) in [5, 5.41) is 2.95. The Kier molecular flexibility index (Phi) is 7.28. The molecule has 8 heteroatoms. The summed E-state index contributed by atoms with van der Waals surface area (Å²) in [6.07, 6.45) is 1.87. The van der Waals surface area contributed by atoms with Gasteiger partial charge in [-0.1, -0.05) is 19.1 Å². The number of hydrogen-bond donors (Lipinski definition) is 1. The monoisotopic (exact) mass is 406 g/mol. The summed E-state index contributed by atoms with van der Waals surface area (Å²) in [5.74, 6) is 1.01. The lowest BCUT2D eigenvalue weighted by Gasteiger charge is -2.18. The Labute approximate surface area is 166 Å². The van der Waals surface area contributed by atoms with Crippen LogP contribution in [-0.4, -0.2) is 41.3 Å². The van der Waals surface area contributed by atoms with Crippen molar-refractivity contribution in [1.82, 2.24) is 5.32 Å². The number of ether oxygens (including phenoxy) is 2. The van der Waals surface area contributed by atoms with Crippen molar-refractivity contribution in [1.29, 1.82) is 0 Å². The van der Waals surface area contributed by atoms with E-state index in [0.29, 0.717) is 11.4 Å². The van der Waals surface area contributed by atoms with Crippen LogP contribution in [0.3, 0.4) is 0 Å². The van der Waals surface area contributed by atoms with E-state index >= 15 is 0 Å². The number of amides is 1. The van der Waals surface area contributed by atoms with Crippen LogP contribution in [0.15, 0.2) is 48.5 Å². The van der Waals surface area contributed by atoms with Crippen molar-refractivity contribution in [3.63, 3.8) is 0 Å². The molecule has 0 radical (unpaired) electrons. The molecular weight excluding hydrogens is 380 g/mol. The highest BCUT2D eigenvalue weighted by atomic mass is 32.2. The summed E-state index contributed by atoms with van der Waals surface area (Å²) >= 11 is 0. The molecule has 0 saturated heterocycles. The smallest absolute Gasteiger partial charge is 0.258 e. The first-order chi connectivity index (χ1) is 13.2. The quantitative estimate of drug-likeness (QED) is 0.692. The zero-order valence-electron chi connectivity index (χ0n) is 16.5. The van der Waals surface area contributed by atoms with Gasteiger partial charge in [-0.3, -0.25) is 9.10 Å². The average molecular weight is 407 g/mol. The number of nitrogens with zero attached hydrogens (tertiary/aromatic N) is 1. The topological polar surface area (TPSA) is 84.9 Å². The molecule has 0 aromatic heterocycles. The van der Waals surface area contributed by atoms with Crippen molar-refractivity contribution < 1.29 is 22.7 Å². The lowest BCUT2D eigenvalue weighted by atomic mass is 10.0. The van der Waals surface area contributed by atoms with Gasteiger partial charge in [-0.25, -0.2) is 8.42 Å². The average Bonchev–Trinajstić information content (AvgIpc) is 2.69. The Morgan fingerprint density at radius 2 is 1.64 bits per heavy atom. The Bertz CT molecular complexity index is 880. The van der Waals surface area contributed by atoms with E-state index in [4.69, 9.17) is 9.47 Å². The molecule has 0 aliphatic heterocycles. The van der Waals surface area contributed by atoms with Crippen LogP contribution in [0.25, 0.3) is 0 Å². The first kappa shape index (κ1) is 21.6. The second-order valence-electron chi connectivity index (χ2n) is 6.31. The van der Waals surface area contributed by atoms with Crippen molar-refractivity contribution >= 4 is 21.6 Å². The van der Waals surface area contributed by atoms with Crippen molar-refractivity contribution in [2.45, 2.75) is 19.4 Å². The van der Waals surface area contributed by atoms with Gasteiger partial charge in [-0.2, -0.15) is 0 Å². The maximum absolute atomic E-state index is 12.2. The third kappa shape index (κ3) is 5.88. The lowest BCUT2D eigenvalue weighted by Crippen LogP contribution is -2.32. The molecule has 7 nitrogen and oxygen atoms in total. The molecule has 2 rings (SSSR count). The number of nitrogens with one attached hydrogen (secondary N) is 1. The number of rotatable bonds is 9. The second kappa shape index (κ2) is 9.45. The van der Waals surface area contributed by atoms with E-state index in [9.17, 15) is 13.2 Å². The number of anilines is 1. The minimum atomic E-state index is -3.32. The van der Waals surface area contributed by atoms with Crippen LogP contribution in [0.4, 0.5) is 5.69 Å². The van der Waals surface area contributed by atoms with E-state index in [1.165, 1.54) is 11.4 Å². The maximum Gasteiger partial charge on any atom is 0.258 e. The van der Waals surface area contributed by atoms with Gasteiger partial charge < -0.3 is 14.8 Å². The first-order valence-corrected chi connectivity index (χ1v) is 10.7. The Morgan fingerprint density at radius 3 is 2.14 bits per heavy atom. The SMILES string of the molecule is CC[C@H](NC(=O)COc1ccc(N(C)S(C)(=O)=O)cc1)c1ccc(OC)cc1. The van der Waals surface area contributed by atoms with E-state index in [2.05, 4.69) is 5.32 Å². The van der Waals surface area contributed by atoms with E-state index in [-0.39, 0.29) is 18.6 Å². The largest absolute Gasteiger partial charge is 0.497 e. The molecule has 152 valence electrons. The van der Waals surface area contributed by atoms with Gasteiger partial charge in [0.25, 0.3) is 5.91 Å². The minimum Gasteiger partial charge on any atom is -0.497 e. The molecule has 0 bridgehead atoms. The molecule has 0 heterocycles. The van der Waals surface area contributed by atoms with Crippen LogP contribution in [0.5, 0.6) is 11.5 Å². The third-order valence-electron chi connectivity index (χ3n) is 4.33. The summed E-state index contributed by atoms with van der Waals surface area (Å²) in [6.45, 7) is 1.86. The van der Waals surface area contributed by atoms with Crippen LogP contribution >= 0.6 is 0 Å². The van der Waals surface area contributed by atoms with E-state index in [0.717, 1.165) is 24.0 Å². The lowest BCUT2D eigenvalue weighted by molar-refractivity contribution is -0.123. The molecule has 0 aliphatic rings. The van der Waals surface area contributed by atoms with Crippen LogP contribution in [-0.2, 0) is 14.8 Å². The number of methoxy groups -OCH3 is 1. The summed E-state index contributed by atoms with van der Waals surface area (Å²) in [6, 6.07) is 14.0. The molecule has 0 spiro atoms. The molecule has 0 saturated carbocycles. The summed E-state index contributed by atoms with van der Waals surface area (Å²) < 4.78 is 34.9. The van der Waals surface area contributed by atoms with Gasteiger partial charge in [0, 0.05) is 7.05 Å². The Balaban J connectivity index is 1.92. The molecule has 0 unspecified atom stereocenters. The number of carbonyl (C=O) groups is 1. The molecule has 1 N–H and O–H groups in total. The first-order valence-electron chi connectivity index (χ1n) is 8.84. The molecule has 1 atom stereocenters. The van der Waals surface area contributed by atoms with Crippen molar-refractivity contribution in [2.75, 3.05) is 31.3 Å². The number of benzene rings is 2. The van der Waals surface area contributed by atoms with Crippen molar-refractivity contribution in [3.05, 3.63) is 54.1 Å². The van der Waals surface area contributed by atoms with Gasteiger partial charge in [-0.05, 0) is 48.4 Å². The predicted molar refractivity (Wildman–Crippen MR) is 109 cm³/mol. The van der Waals surface area contributed by atoms with Crippen molar-refractivity contribution in [2.24, 2.45) is 0 Å². The van der Waals surface area contributed by atoms with Crippen LogP contribution in [0, 0.1) is 0 Å². The Hall–Kier alpha value is -2.74. The van der Waals surface area contributed by atoms with Crippen LogP contribution in [0.1, 0.15) is 24.9 Å². The third-order valence-corrected chi connectivity index (χ3v) is 5.54. The molecular formula is C20H26N2O5S. The van der Waals surface area contributed by atoms with Gasteiger partial charge in [0.05, 0.1) is 25.1 Å². The highest BCUT2D eigenvalue weighted by Gasteiger charge is 2.14. The molecule has 28 heavy (non-hydrogen) atoms. The van der Waals surface area contributed by atoms with E-state index < -0.39 is 10.0 Å². The number of carbonyl (C=O) groups excluding carboxylic acids is 1. The van der Waals surface area contributed by atoms with Gasteiger partial charge in [-0.15, -0.1) is 0 Å². The van der Waals surface area contributed by atoms with Gasteiger partial charge in [0.15, 0.2) is 6.61 Å². The van der Waals surface area contributed by atoms with E-state index in [1.54, 1.807) is 31.4 Å². The van der Waals surface area contributed by atoms with Crippen LogP contribution in [0.2, 0.25) is 0 Å². The zero-order valence-corrected chi connectivity index (χ0v) is 17.3. The highest BCUT2D eigenvalue weighted by Crippen LogP contribution is 2.21. The van der Waals surface area contributed by atoms with Crippen LogP contribution < -0.4 is 19.1 Å². The predicted octanol–water partition coefficient (Wildman–Crippen LogP) is 2.74. The maximum atomic E-state index is 12.2. The van der Waals surface area contributed by atoms with Crippen molar-refractivity contribution in [3.8, 4) is 11.5 Å². The standard InChI is InChI=1S/C20H26N2O5S/c1-5-19(15-6-10-17(26-3)11-7-15)21-20(23)14-27-18-12-8-16(9-13-18)22(2)28(4,24)25/h6-13,19H,5,14H2,1-4H3,(H,21,23)/t19-/m0/s1. The Morgan fingerprint density at radius 1 is 1.07 bits per heavy atom. The van der Waals surface area contributed by atoms with E-state index in [1.807, 2.05) is 31.2 Å². The summed E-state index contributed by atoms with van der Waals surface area (Å²) in [4.78, 5) is 12.2.